The van der Waals surface area contributed by atoms with Gasteiger partial charge in [0.05, 0.1) is 16.8 Å². The quantitative estimate of drug-likeness (QED) is 0.358. The fraction of sp³-hybridized carbons (Fsp3) is 0.500. The Labute approximate surface area is 196 Å². The number of nitrogens with one attached hydrogen (secondary N) is 2. The van der Waals surface area contributed by atoms with Crippen LogP contribution in [-0.2, 0) is 14.4 Å². The first kappa shape index (κ1) is 23.3. The maximum Gasteiger partial charge on any atom is 0.491 e. The zero-order valence-electron chi connectivity index (χ0n) is 18.4. The van der Waals surface area contributed by atoms with Gasteiger partial charge in [0.1, 0.15) is 6.04 Å². The molecule has 3 fully saturated rings. The van der Waals surface area contributed by atoms with E-state index in [1.807, 2.05) is 0 Å². The molecule has 13 heteroatoms. The first-order chi connectivity index (χ1) is 16.5. The summed E-state index contributed by atoms with van der Waals surface area (Å²) in [6, 6.07) is 1.33. The Morgan fingerprint density at radius 1 is 1.06 bits per heavy atom. The Bertz CT molecular complexity index is 1150. The molecule has 4 aliphatic heterocycles. The maximum absolute atomic E-state index is 13.3. The number of imide groups is 2. The van der Waals surface area contributed by atoms with Crippen LogP contribution in [0.2, 0.25) is 0 Å². The third kappa shape index (κ3) is 3.83. The predicted molar refractivity (Wildman–Crippen MR) is 112 cm³/mol. The Morgan fingerprint density at radius 3 is 2.37 bits per heavy atom. The van der Waals surface area contributed by atoms with Gasteiger partial charge in [0.15, 0.2) is 5.75 Å². The molecule has 2 N–H and O–H groups in total. The molecule has 1 unspecified atom stereocenters. The number of halogens is 3. The van der Waals surface area contributed by atoms with Crippen LogP contribution in [0.5, 0.6) is 5.75 Å². The molecule has 0 radical (unpaired) electrons. The van der Waals surface area contributed by atoms with Crippen LogP contribution in [0.15, 0.2) is 12.1 Å². The number of fused-ring (bicyclic) bond motifs is 1. The van der Waals surface area contributed by atoms with Crippen LogP contribution >= 0.6 is 0 Å². The fourth-order valence-corrected chi connectivity index (χ4v) is 5.23. The molecule has 4 aliphatic rings. The lowest BCUT2D eigenvalue weighted by molar-refractivity contribution is -0.189. The van der Waals surface area contributed by atoms with Gasteiger partial charge < -0.3 is 15.0 Å². The second-order valence-corrected chi connectivity index (χ2v) is 9.28. The van der Waals surface area contributed by atoms with Gasteiger partial charge in [-0.05, 0) is 44.5 Å². The van der Waals surface area contributed by atoms with Crippen LogP contribution in [-0.4, -0.2) is 72.9 Å². The van der Waals surface area contributed by atoms with Crippen LogP contribution in [0, 0.1) is 5.41 Å². The number of carbonyl (C=O) groups is 5. The van der Waals surface area contributed by atoms with E-state index in [-0.39, 0.29) is 29.5 Å². The van der Waals surface area contributed by atoms with Gasteiger partial charge in [-0.1, -0.05) is 0 Å². The lowest BCUT2D eigenvalue weighted by Crippen LogP contribution is -2.60. The molecule has 1 spiro atoms. The van der Waals surface area contributed by atoms with Crippen LogP contribution in [0.4, 0.5) is 18.9 Å². The molecule has 0 aliphatic carbocycles. The van der Waals surface area contributed by atoms with Crippen molar-refractivity contribution in [1.82, 2.24) is 15.5 Å². The number of amides is 4. The highest BCUT2D eigenvalue weighted by Crippen LogP contribution is 2.47. The number of nitrogens with zero attached hydrogens (tertiary/aromatic N) is 2. The Kier molecular flexibility index (Phi) is 5.34. The number of rotatable bonds is 3. The smallest absolute Gasteiger partial charge is 0.417 e. The third-order valence-corrected chi connectivity index (χ3v) is 7.02. The number of hydrogen-bond donors (Lipinski definition) is 2. The monoisotopic (exact) mass is 494 g/mol. The summed E-state index contributed by atoms with van der Waals surface area (Å²) in [6.07, 6.45) is -3.83. The lowest BCUT2D eigenvalue weighted by atomic mass is 9.72. The van der Waals surface area contributed by atoms with Gasteiger partial charge in [-0.15, -0.1) is 0 Å². The van der Waals surface area contributed by atoms with E-state index in [0.29, 0.717) is 18.0 Å². The first-order valence-electron chi connectivity index (χ1n) is 11.1. The van der Waals surface area contributed by atoms with E-state index < -0.39 is 53.1 Å². The van der Waals surface area contributed by atoms with E-state index in [1.165, 1.54) is 12.1 Å². The number of piperidine rings is 2. The number of esters is 1. The zero-order chi connectivity index (χ0) is 25.1. The average molecular weight is 494 g/mol. The molecule has 186 valence electrons. The highest BCUT2D eigenvalue weighted by Gasteiger charge is 2.51. The summed E-state index contributed by atoms with van der Waals surface area (Å²) in [6.45, 7) is 2.59. The van der Waals surface area contributed by atoms with Gasteiger partial charge in [0, 0.05) is 24.9 Å². The number of benzene rings is 1. The molecular formula is C22H21F3N4O6. The summed E-state index contributed by atoms with van der Waals surface area (Å²) in [7, 11) is 0. The molecule has 0 aromatic heterocycles. The number of alkyl halides is 3. The van der Waals surface area contributed by atoms with Crippen molar-refractivity contribution in [3.63, 3.8) is 0 Å². The molecule has 3 saturated heterocycles. The van der Waals surface area contributed by atoms with E-state index in [1.54, 1.807) is 4.90 Å². The van der Waals surface area contributed by atoms with Crippen LogP contribution < -0.4 is 20.3 Å². The van der Waals surface area contributed by atoms with Gasteiger partial charge in [-0.25, -0.2) is 4.79 Å². The maximum atomic E-state index is 13.3. The summed E-state index contributed by atoms with van der Waals surface area (Å²) in [5.41, 5.74) is -0.711. The second kappa shape index (κ2) is 8.04. The van der Waals surface area contributed by atoms with Crippen molar-refractivity contribution in [1.29, 1.82) is 0 Å². The molecule has 1 aromatic carbocycles. The van der Waals surface area contributed by atoms with Crippen molar-refractivity contribution in [3.8, 4) is 5.75 Å². The van der Waals surface area contributed by atoms with E-state index in [4.69, 9.17) is 4.74 Å². The van der Waals surface area contributed by atoms with Crippen LogP contribution in [0.3, 0.4) is 0 Å². The molecule has 35 heavy (non-hydrogen) atoms. The SMILES string of the molecule is O=C1CCC(N2C(=O)c3ccc(N4CC5(CCNCC5)C4)c(OC(=O)C(F)(F)F)c3C2=O)C(=O)N1. The summed E-state index contributed by atoms with van der Waals surface area (Å²) in [5.74, 6) is -6.56. The highest BCUT2D eigenvalue weighted by atomic mass is 19.4. The number of anilines is 1. The van der Waals surface area contributed by atoms with E-state index >= 15 is 0 Å². The number of ether oxygens (including phenoxy) is 1. The number of carbonyl (C=O) groups excluding carboxylic acids is 5. The molecule has 1 atom stereocenters. The fourth-order valence-electron chi connectivity index (χ4n) is 5.23. The summed E-state index contributed by atoms with van der Waals surface area (Å²) < 4.78 is 44.0. The predicted octanol–water partition coefficient (Wildman–Crippen LogP) is 0.745. The van der Waals surface area contributed by atoms with E-state index in [0.717, 1.165) is 25.9 Å². The van der Waals surface area contributed by atoms with Crippen molar-refractivity contribution in [3.05, 3.63) is 23.3 Å². The van der Waals surface area contributed by atoms with Crippen molar-refractivity contribution >= 4 is 35.3 Å². The van der Waals surface area contributed by atoms with Gasteiger partial charge in [0.2, 0.25) is 11.8 Å². The Morgan fingerprint density at radius 2 is 1.74 bits per heavy atom. The van der Waals surface area contributed by atoms with E-state index in [9.17, 15) is 37.1 Å². The molecule has 4 heterocycles. The highest BCUT2D eigenvalue weighted by molar-refractivity contribution is 6.25. The molecule has 0 bridgehead atoms. The van der Waals surface area contributed by atoms with Crippen LogP contribution in [0.25, 0.3) is 0 Å². The van der Waals surface area contributed by atoms with Gasteiger partial charge in [-0.3, -0.25) is 29.4 Å². The normalized spacial score (nSPS) is 23.8. The molecule has 10 nitrogen and oxygen atoms in total. The first-order valence-corrected chi connectivity index (χ1v) is 11.1. The zero-order valence-corrected chi connectivity index (χ0v) is 18.4. The summed E-state index contributed by atoms with van der Waals surface area (Å²) >= 11 is 0. The van der Waals surface area contributed by atoms with Crippen LogP contribution in [0.1, 0.15) is 46.4 Å². The topological polar surface area (TPSA) is 125 Å². The summed E-state index contributed by atoms with van der Waals surface area (Å²) in [5, 5.41) is 5.30. The van der Waals surface area contributed by atoms with Gasteiger partial charge in [-0.2, -0.15) is 13.2 Å². The van der Waals surface area contributed by atoms with Crippen molar-refractivity contribution in [2.24, 2.45) is 5.41 Å². The largest absolute Gasteiger partial charge is 0.491 e. The second-order valence-electron chi connectivity index (χ2n) is 9.28. The molecule has 0 saturated carbocycles. The lowest BCUT2D eigenvalue weighted by Gasteiger charge is -2.53. The number of hydrogen-bond acceptors (Lipinski definition) is 8. The minimum atomic E-state index is -5.33. The van der Waals surface area contributed by atoms with E-state index in [2.05, 4.69) is 10.6 Å². The molecular weight excluding hydrogens is 473 g/mol. The summed E-state index contributed by atoms with van der Waals surface area (Å²) in [4.78, 5) is 64.2. The third-order valence-electron chi connectivity index (χ3n) is 7.02. The Hall–Kier alpha value is -3.48. The van der Waals surface area contributed by atoms with Crippen molar-refractivity contribution in [2.75, 3.05) is 31.1 Å². The molecule has 5 rings (SSSR count). The molecule has 4 amide bonds. The average Bonchev–Trinajstić information content (AvgIpc) is 3.03. The van der Waals surface area contributed by atoms with Crippen molar-refractivity contribution < 1.29 is 41.9 Å². The molecule has 1 aromatic rings. The standard InChI is InChI=1S/C22H21F3N4O6/c23-22(24,25)20(34)35-16-12(28-9-21(10-28)5-7-26-8-6-21)2-1-11-15(16)19(33)29(18(11)32)13-3-4-14(30)27-17(13)31/h1-2,13,26H,3-10H2,(H,27,30,31). The minimum Gasteiger partial charge on any atom is -0.417 e. The minimum absolute atomic E-state index is 0.0336. The Balaban J connectivity index is 1.52. The van der Waals surface area contributed by atoms with Gasteiger partial charge in [0.25, 0.3) is 11.8 Å². The van der Waals surface area contributed by atoms with Gasteiger partial charge >= 0.3 is 12.1 Å². The van der Waals surface area contributed by atoms with Crippen molar-refractivity contribution in [2.45, 2.75) is 37.9 Å².